The third kappa shape index (κ3) is 5.04. The van der Waals surface area contributed by atoms with Gasteiger partial charge in [0.15, 0.2) is 0 Å². The van der Waals surface area contributed by atoms with E-state index in [-0.39, 0.29) is 4.90 Å². The standard InChI is InChI=1S/C11H16ClNO3S/c1-2-16-9-3-8-13-17(14,15)11-6-4-10(12)5-7-11/h4-7,13H,2-3,8-9H2,1H3. The van der Waals surface area contributed by atoms with E-state index in [2.05, 4.69) is 4.72 Å². The maximum atomic E-state index is 11.8. The van der Waals surface area contributed by atoms with Crippen molar-refractivity contribution in [1.82, 2.24) is 4.72 Å². The van der Waals surface area contributed by atoms with Gasteiger partial charge in [0, 0.05) is 24.8 Å². The van der Waals surface area contributed by atoms with Gasteiger partial charge in [-0.2, -0.15) is 0 Å². The van der Waals surface area contributed by atoms with E-state index < -0.39 is 10.0 Å². The van der Waals surface area contributed by atoms with Crippen LogP contribution in [-0.4, -0.2) is 28.2 Å². The third-order valence-electron chi connectivity index (χ3n) is 2.09. The largest absolute Gasteiger partial charge is 0.382 e. The van der Waals surface area contributed by atoms with Gasteiger partial charge >= 0.3 is 0 Å². The van der Waals surface area contributed by atoms with Gasteiger partial charge in [0.2, 0.25) is 10.0 Å². The monoisotopic (exact) mass is 277 g/mol. The summed E-state index contributed by atoms with van der Waals surface area (Å²) in [6.45, 7) is 3.46. The van der Waals surface area contributed by atoms with Gasteiger partial charge in [0.1, 0.15) is 0 Å². The Labute approximate surface area is 107 Å². The summed E-state index contributed by atoms with van der Waals surface area (Å²) in [4.78, 5) is 0.221. The lowest BCUT2D eigenvalue weighted by molar-refractivity contribution is 0.146. The molecule has 0 atom stereocenters. The molecular weight excluding hydrogens is 262 g/mol. The maximum Gasteiger partial charge on any atom is 0.240 e. The lowest BCUT2D eigenvalue weighted by atomic mass is 10.4. The van der Waals surface area contributed by atoms with Crippen LogP contribution in [0.25, 0.3) is 0 Å². The molecule has 1 aromatic rings. The molecule has 6 heteroatoms. The summed E-state index contributed by atoms with van der Waals surface area (Å²) in [7, 11) is -3.43. The summed E-state index contributed by atoms with van der Waals surface area (Å²) in [5.41, 5.74) is 0. The second-order valence-electron chi connectivity index (χ2n) is 3.40. The van der Waals surface area contributed by atoms with Crippen LogP contribution in [0.4, 0.5) is 0 Å². The van der Waals surface area contributed by atoms with Crippen molar-refractivity contribution in [3.8, 4) is 0 Å². The van der Waals surface area contributed by atoms with Gasteiger partial charge in [0.05, 0.1) is 4.90 Å². The molecular formula is C11H16ClNO3S. The Morgan fingerprint density at radius 1 is 1.29 bits per heavy atom. The van der Waals surface area contributed by atoms with E-state index in [1.165, 1.54) is 12.1 Å². The average Bonchev–Trinajstić information content (AvgIpc) is 2.29. The van der Waals surface area contributed by atoms with Crippen LogP contribution in [0.1, 0.15) is 13.3 Å². The molecule has 0 aliphatic carbocycles. The van der Waals surface area contributed by atoms with Gasteiger partial charge in [-0.25, -0.2) is 13.1 Å². The first-order chi connectivity index (χ1) is 8.06. The van der Waals surface area contributed by atoms with Crippen molar-refractivity contribution in [3.05, 3.63) is 29.3 Å². The first kappa shape index (κ1) is 14.4. The van der Waals surface area contributed by atoms with Crippen LogP contribution in [0.3, 0.4) is 0 Å². The number of benzene rings is 1. The predicted molar refractivity (Wildman–Crippen MR) is 67.8 cm³/mol. The molecule has 0 saturated carbocycles. The molecule has 0 heterocycles. The zero-order valence-electron chi connectivity index (χ0n) is 9.65. The minimum absolute atomic E-state index is 0.221. The molecule has 0 amide bonds. The van der Waals surface area contributed by atoms with Gasteiger partial charge in [-0.05, 0) is 37.6 Å². The lowest BCUT2D eigenvalue weighted by Gasteiger charge is -2.06. The minimum Gasteiger partial charge on any atom is -0.382 e. The molecule has 0 saturated heterocycles. The molecule has 17 heavy (non-hydrogen) atoms. The van der Waals surface area contributed by atoms with Crippen LogP contribution in [0.5, 0.6) is 0 Å². The number of halogens is 1. The number of rotatable bonds is 7. The predicted octanol–water partition coefficient (Wildman–Crippen LogP) is 2.04. The molecule has 1 rings (SSSR count). The molecule has 0 aliphatic rings. The molecule has 0 bridgehead atoms. The van der Waals surface area contributed by atoms with Crippen LogP contribution in [0, 0.1) is 0 Å². The molecule has 0 aliphatic heterocycles. The fourth-order valence-electron chi connectivity index (χ4n) is 1.22. The summed E-state index contributed by atoms with van der Waals surface area (Å²) < 4.78 is 31.2. The second kappa shape index (κ2) is 6.96. The first-order valence-corrected chi connectivity index (χ1v) is 7.25. The fourth-order valence-corrected chi connectivity index (χ4v) is 2.42. The van der Waals surface area contributed by atoms with Crippen molar-refractivity contribution in [2.24, 2.45) is 0 Å². The topological polar surface area (TPSA) is 55.4 Å². The Kier molecular flexibility index (Phi) is 5.91. The number of nitrogens with one attached hydrogen (secondary N) is 1. The van der Waals surface area contributed by atoms with Gasteiger partial charge in [-0.1, -0.05) is 11.6 Å². The Hall–Kier alpha value is -0.620. The van der Waals surface area contributed by atoms with Gasteiger partial charge < -0.3 is 4.74 Å². The van der Waals surface area contributed by atoms with E-state index in [0.29, 0.717) is 31.2 Å². The zero-order valence-corrected chi connectivity index (χ0v) is 11.2. The van der Waals surface area contributed by atoms with Crippen molar-refractivity contribution >= 4 is 21.6 Å². The lowest BCUT2D eigenvalue weighted by Crippen LogP contribution is -2.25. The highest BCUT2D eigenvalue weighted by atomic mass is 35.5. The van der Waals surface area contributed by atoms with Crippen LogP contribution >= 0.6 is 11.6 Å². The van der Waals surface area contributed by atoms with Gasteiger partial charge in [0.25, 0.3) is 0 Å². The molecule has 1 aromatic carbocycles. The highest BCUT2D eigenvalue weighted by molar-refractivity contribution is 7.89. The summed E-state index contributed by atoms with van der Waals surface area (Å²) in [5.74, 6) is 0. The van der Waals surface area contributed by atoms with Crippen LogP contribution < -0.4 is 4.72 Å². The van der Waals surface area contributed by atoms with E-state index >= 15 is 0 Å². The molecule has 4 nitrogen and oxygen atoms in total. The SMILES string of the molecule is CCOCCCNS(=O)(=O)c1ccc(Cl)cc1. The van der Waals surface area contributed by atoms with Gasteiger partial charge in [-0.3, -0.25) is 0 Å². The smallest absolute Gasteiger partial charge is 0.240 e. The van der Waals surface area contributed by atoms with E-state index in [1.54, 1.807) is 12.1 Å². The van der Waals surface area contributed by atoms with Gasteiger partial charge in [-0.15, -0.1) is 0 Å². The molecule has 1 N–H and O–H groups in total. The molecule has 0 radical (unpaired) electrons. The highest BCUT2D eigenvalue weighted by Crippen LogP contribution is 2.13. The Morgan fingerprint density at radius 3 is 2.53 bits per heavy atom. The van der Waals surface area contributed by atoms with Crippen molar-refractivity contribution in [1.29, 1.82) is 0 Å². The molecule has 0 aromatic heterocycles. The Morgan fingerprint density at radius 2 is 1.94 bits per heavy atom. The number of sulfonamides is 1. The summed E-state index contributed by atoms with van der Waals surface area (Å²) >= 11 is 5.69. The van der Waals surface area contributed by atoms with Crippen LogP contribution in [0.15, 0.2) is 29.2 Å². The Bertz CT molecular complexity index is 431. The second-order valence-corrected chi connectivity index (χ2v) is 5.61. The first-order valence-electron chi connectivity index (χ1n) is 5.39. The zero-order chi connectivity index (χ0) is 12.7. The highest BCUT2D eigenvalue weighted by Gasteiger charge is 2.12. The summed E-state index contributed by atoms with van der Waals surface area (Å²) in [6.07, 6.45) is 0.653. The third-order valence-corrected chi connectivity index (χ3v) is 3.81. The van der Waals surface area contributed by atoms with E-state index in [9.17, 15) is 8.42 Å². The average molecular weight is 278 g/mol. The van der Waals surface area contributed by atoms with E-state index in [4.69, 9.17) is 16.3 Å². The van der Waals surface area contributed by atoms with Crippen molar-refractivity contribution in [3.63, 3.8) is 0 Å². The molecule has 0 unspecified atom stereocenters. The quantitative estimate of drug-likeness (QED) is 0.776. The minimum atomic E-state index is -3.43. The number of hydrogen-bond donors (Lipinski definition) is 1. The maximum absolute atomic E-state index is 11.8. The van der Waals surface area contributed by atoms with E-state index in [0.717, 1.165) is 0 Å². The molecule has 0 spiro atoms. The van der Waals surface area contributed by atoms with Crippen molar-refractivity contribution in [2.45, 2.75) is 18.2 Å². The molecule has 96 valence electrons. The molecule has 0 fully saturated rings. The Balaban J connectivity index is 2.48. The van der Waals surface area contributed by atoms with Crippen LogP contribution in [-0.2, 0) is 14.8 Å². The number of ether oxygens (including phenoxy) is 1. The van der Waals surface area contributed by atoms with Crippen molar-refractivity contribution < 1.29 is 13.2 Å². The summed E-state index contributed by atoms with van der Waals surface area (Å²) in [5, 5.41) is 0.514. The van der Waals surface area contributed by atoms with E-state index in [1.807, 2.05) is 6.92 Å². The van der Waals surface area contributed by atoms with Crippen LogP contribution in [0.2, 0.25) is 5.02 Å². The van der Waals surface area contributed by atoms with Crippen molar-refractivity contribution in [2.75, 3.05) is 19.8 Å². The number of hydrogen-bond acceptors (Lipinski definition) is 3. The summed E-state index contributed by atoms with van der Waals surface area (Å²) in [6, 6.07) is 6.06. The normalized spacial score (nSPS) is 11.6. The fraction of sp³-hybridized carbons (Fsp3) is 0.455.